The van der Waals surface area contributed by atoms with E-state index in [2.05, 4.69) is 21.2 Å². The van der Waals surface area contributed by atoms with E-state index in [9.17, 15) is 14.4 Å². The van der Waals surface area contributed by atoms with Gasteiger partial charge >= 0.3 is 0 Å². The lowest BCUT2D eigenvalue weighted by atomic mass is 10.1. The van der Waals surface area contributed by atoms with E-state index in [-0.39, 0.29) is 24.3 Å². The Labute approximate surface area is 177 Å². The summed E-state index contributed by atoms with van der Waals surface area (Å²) in [6.45, 7) is 1.67. The summed E-state index contributed by atoms with van der Waals surface area (Å²) in [4.78, 5) is 40.7. The molecule has 3 rings (SSSR count). The molecule has 29 heavy (non-hydrogen) atoms. The molecule has 1 saturated heterocycles. The molecular formula is C21H22BrN3O4. The molecule has 7 nitrogen and oxygen atoms in total. The minimum absolute atomic E-state index is 0.0794. The number of benzene rings is 2. The SMILES string of the molecule is COc1cccc(C(=O)N2CCN(C(=O)CNC(=O)c3ccccc3Br)CC2)c1. The Kier molecular flexibility index (Phi) is 6.87. The number of nitrogens with zero attached hydrogens (tertiary/aromatic N) is 2. The Morgan fingerprint density at radius 2 is 1.69 bits per heavy atom. The van der Waals surface area contributed by atoms with Crippen LogP contribution in [0.4, 0.5) is 0 Å². The summed E-state index contributed by atoms with van der Waals surface area (Å²) in [5.74, 6) is 0.0697. The van der Waals surface area contributed by atoms with Gasteiger partial charge in [-0.25, -0.2) is 0 Å². The second-order valence-corrected chi connectivity index (χ2v) is 7.42. The van der Waals surface area contributed by atoms with E-state index >= 15 is 0 Å². The van der Waals surface area contributed by atoms with Crippen molar-refractivity contribution in [3.05, 3.63) is 64.1 Å². The van der Waals surface area contributed by atoms with E-state index in [1.54, 1.807) is 59.4 Å². The lowest BCUT2D eigenvalue weighted by Gasteiger charge is -2.35. The van der Waals surface area contributed by atoms with E-state index in [1.807, 2.05) is 6.07 Å². The van der Waals surface area contributed by atoms with Crippen LogP contribution in [-0.4, -0.2) is 67.4 Å². The molecule has 0 bridgehead atoms. The molecule has 3 amide bonds. The number of carbonyl (C=O) groups excluding carboxylic acids is 3. The number of amides is 3. The molecule has 152 valence electrons. The maximum Gasteiger partial charge on any atom is 0.254 e. The Morgan fingerprint density at radius 3 is 2.38 bits per heavy atom. The van der Waals surface area contributed by atoms with Gasteiger partial charge in [0.1, 0.15) is 5.75 Å². The van der Waals surface area contributed by atoms with Gasteiger partial charge in [-0.3, -0.25) is 14.4 Å². The predicted octanol–water partition coefficient (Wildman–Crippen LogP) is 2.17. The number of piperazine rings is 1. The maximum atomic E-state index is 12.7. The minimum Gasteiger partial charge on any atom is -0.497 e. The standard InChI is InChI=1S/C21H22BrN3O4/c1-29-16-6-4-5-15(13-16)21(28)25-11-9-24(10-12-25)19(26)14-23-20(27)17-7-2-3-8-18(17)22/h2-8,13H,9-12,14H2,1H3,(H,23,27). The smallest absolute Gasteiger partial charge is 0.254 e. The normalized spacial score (nSPS) is 13.7. The third-order valence-corrected chi connectivity index (χ3v) is 5.45. The van der Waals surface area contributed by atoms with Gasteiger partial charge in [0.2, 0.25) is 5.91 Å². The number of ether oxygens (including phenoxy) is 1. The molecule has 0 aromatic heterocycles. The average molecular weight is 460 g/mol. The zero-order valence-corrected chi connectivity index (χ0v) is 17.6. The summed E-state index contributed by atoms with van der Waals surface area (Å²) in [5.41, 5.74) is 1.04. The van der Waals surface area contributed by atoms with E-state index in [0.717, 1.165) is 0 Å². The summed E-state index contributed by atoms with van der Waals surface area (Å²) in [6, 6.07) is 14.1. The topological polar surface area (TPSA) is 79.0 Å². The molecule has 0 spiro atoms. The van der Waals surface area contributed by atoms with Gasteiger partial charge in [0.15, 0.2) is 0 Å². The number of hydrogen-bond donors (Lipinski definition) is 1. The minimum atomic E-state index is -0.308. The molecule has 8 heteroatoms. The van der Waals surface area contributed by atoms with Crippen LogP contribution in [-0.2, 0) is 4.79 Å². The summed E-state index contributed by atoms with van der Waals surface area (Å²) in [7, 11) is 1.56. The van der Waals surface area contributed by atoms with Crippen LogP contribution in [0.3, 0.4) is 0 Å². The van der Waals surface area contributed by atoms with Crippen molar-refractivity contribution in [1.29, 1.82) is 0 Å². The highest BCUT2D eigenvalue weighted by Gasteiger charge is 2.25. The third kappa shape index (κ3) is 5.14. The van der Waals surface area contributed by atoms with Gasteiger partial charge in [-0.15, -0.1) is 0 Å². The van der Waals surface area contributed by atoms with Crippen LogP contribution in [0, 0.1) is 0 Å². The quantitative estimate of drug-likeness (QED) is 0.742. The Hall–Kier alpha value is -2.87. The van der Waals surface area contributed by atoms with Crippen molar-refractivity contribution in [2.24, 2.45) is 0 Å². The number of hydrogen-bond acceptors (Lipinski definition) is 4. The molecule has 2 aromatic carbocycles. The molecule has 0 unspecified atom stereocenters. The van der Waals surface area contributed by atoms with E-state index in [1.165, 1.54) is 0 Å². The molecule has 2 aromatic rings. The number of halogens is 1. The van der Waals surface area contributed by atoms with Crippen LogP contribution in [0.25, 0.3) is 0 Å². The first-order valence-corrected chi connectivity index (χ1v) is 10.0. The first kappa shape index (κ1) is 20.9. The molecule has 1 N–H and O–H groups in total. The largest absolute Gasteiger partial charge is 0.497 e. The molecule has 1 aliphatic heterocycles. The predicted molar refractivity (Wildman–Crippen MR) is 112 cm³/mol. The van der Waals surface area contributed by atoms with Gasteiger partial charge in [0.05, 0.1) is 19.2 Å². The Morgan fingerprint density at radius 1 is 1.00 bits per heavy atom. The van der Waals surface area contributed by atoms with Crippen LogP contribution in [0.15, 0.2) is 53.0 Å². The fraction of sp³-hybridized carbons (Fsp3) is 0.286. The second-order valence-electron chi connectivity index (χ2n) is 6.57. The van der Waals surface area contributed by atoms with Gasteiger partial charge in [-0.1, -0.05) is 18.2 Å². The molecule has 0 radical (unpaired) electrons. The van der Waals surface area contributed by atoms with Gasteiger partial charge in [0.25, 0.3) is 11.8 Å². The summed E-state index contributed by atoms with van der Waals surface area (Å²) in [6.07, 6.45) is 0. The molecule has 1 heterocycles. The van der Waals surface area contributed by atoms with Crippen molar-refractivity contribution in [1.82, 2.24) is 15.1 Å². The third-order valence-electron chi connectivity index (χ3n) is 4.75. The second kappa shape index (κ2) is 9.56. The number of carbonyl (C=O) groups is 3. The molecule has 0 aliphatic carbocycles. The number of methoxy groups -OCH3 is 1. The van der Waals surface area contributed by atoms with Crippen LogP contribution in [0.1, 0.15) is 20.7 Å². The van der Waals surface area contributed by atoms with Crippen LogP contribution < -0.4 is 10.1 Å². The first-order chi connectivity index (χ1) is 14.0. The first-order valence-electron chi connectivity index (χ1n) is 9.23. The molecule has 0 saturated carbocycles. The Bertz CT molecular complexity index is 910. The van der Waals surface area contributed by atoms with E-state index in [4.69, 9.17) is 4.74 Å². The van der Waals surface area contributed by atoms with Crippen molar-refractivity contribution in [3.63, 3.8) is 0 Å². The Balaban J connectivity index is 1.49. The van der Waals surface area contributed by atoms with E-state index < -0.39 is 0 Å². The van der Waals surface area contributed by atoms with Crippen LogP contribution >= 0.6 is 15.9 Å². The average Bonchev–Trinajstić information content (AvgIpc) is 2.77. The fourth-order valence-electron chi connectivity index (χ4n) is 3.11. The highest BCUT2D eigenvalue weighted by molar-refractivity contribution is 9.10. The lowest BCUT2D eigenvalue weighted by Crippen LogP contribution is -2.52. The van der Waals surface area contributed by atoms with Crippen molar-refractivity contribution in [3.8, 4) is 5.75 Å². The zero-order valence-electron chi connectivity index (χ0n) is 16.1. The summed E-state index contributed by atoms with van der Waals surface area (Å²) in [5, 5.41) is 2.65. The van der Waals surface area contributed by atoms with Crippen molar-refractivity contribution >= 4 is 33.7 Å². The van der Waals surface area contributed by atoms with E-state index in [0.29, 0.717) is 47.5 Å². The molecular weight excluding hydrogens is 438 g/mol. The van der Waals surface area contributed by atoms with Gasteiger partial charge in [-0.05, 0) is 46.3 Å². The molecule has 1 aliphatic rings. The van der Waals surface area contributed by atoms with Gasteiger partial charge in [-0.2, -0.15) is 0 Å². The zero-order chi connectivity index (χ0) is 20.8. The van der Waals surface area contributed by atoms with Gasteiger partial charge in [0, 0.05) is 36.2 Å². The summed E-state index contributed by atoms with van der Waals surface area (Å²) >= 11 is 3.33. The van der Waals surface area contributed by atoms with Crippen molar-refractivity contribution in [2.75, 3.05) is 39.8 Å². The molecule has 1 fully saturated rings. The van der Waals surface area contributed by atoms with Crippen LogP contribution in [0.5, 0.6) is 5.75 Å². The summed E-state index contributed by atoms with van der Waals surface area (Å²) < 4.78 is 5.84. The monoisotopic (exact) mass is 459 g/mol. The maximum absolute atomic E-state index is 12.7. The number of rotatable bonds is 5. The lowest BCUT2D eigenvalue weighted by molar-refractivity contribution is -0.131. The number of nitrogens with one attached hydrogen (secondary N) is 1. The fourth-order valence-corrected chi connectivity index (χ4v) is 3.57. The molecule has 0 atom stereocenters. The van der Waals surface area contributed by atoms with Crippen molar-refractivity contribution in [2.45, 2.75) is 0 Å². The van der Waals surface area contributed by atoms with Crippen LogP contribution in [0.2, 0.25) is 0 Å². The highest BCUT2D eigenvalue weighted by Crippen LogP contribution is 2.16. The van der Waals surface area contributed by atoms with Crippen molar-refractivity contribution < 1.29 is 19.1 Å². The van der Waals surface area contributed by atoms with Gasteiger partial charge < -0.3 is 19.9 Å². The highest BCUT2D eigenvalue weighted by atomic mass is 79.9.